The molecule has 0 atom stereocenters. The second-order valence-electron chi connectivity index (χ2n) is 15.1. The summed E-state index contributed by atoms with van der Waals surface area (Å²) in [5, 5.41) is 9.83. The number of rotatable bonds is 6. The van der Waals surface area contributed by atoms with E-state index in [1.165, 1.54) is 110 Å². The highest BCUT2D eigenvalue weighted by Gasteiger charge is 2.31. The normalized spacial score (nSPS) is 11.4. The molecule has 11 rings (SSSR count). The molecule has 0 aliphatic rings. The van der Waals surface area contributed by atoms with Crippen LogP contribution < -0.4 is 0 Å². The summed E-state index contributed by atoms with van der Waals surface area (Å²) in [6.45, 7) is 0. The summed E-state index contributed by atoms with van der Waals surface area (Å²) < 4.78 is 0. The van der Waals surface area contributed by atoms with E-state index in [1.54, 1.807) is 0 Å². The summed E-state index contributed by atoms with van der Waals surface area (Å²) in [7, 11) is 0. The van der Waals surface area contributed by atoms with Crippen molar-refractivity contribution in [2.75, 3.05) is 0 Å². The third kappa shape index (κ3) is 5.53. The number of hydrogen-bond acceptors (Lipinski definition) is 0. The molecule has 11 aromatic carbocycles. The van der Waals surface area contributed by atoms with Gasteiger partial charge in [0.05, 0.1) is 0 Å². The fourth-order valence-corrected chi connectivity index (χ4v) is 9.39. The maximum atomic E-state index is 2.35. The molecule has 0 heteroatoms. The molecule has 58 heavy (non-hydrogen) atoms. The van der Waals surface area contributed by atoms with Crippen molar-refractivity contribution >= 4 is 43.1 Å². The highest BCUT2D eigenvalue weighted by atomic mass is 14.3. The van der Waals surface area contributed by atoms with Crippen LogP contribution in [0.2, 0.25) is 0 Å². The third-order valence-electron chi connectivity index (χ3n) is 11.8. The van der Waals surface area contributed by atoms with Crippen LogP contribution in [0.5, 0.6) is 0 Å². The van der Waals surface area contributed by atoms with E-state index < -0.39 is 0 Å². The molecule has 0 saturated carbocycles. The van der Waals surface area contributed by atoms with Crippen molar-refractivity contribution in [1.29, 1.82) is 0 Å². The summed E-state index contributed by atoms with van der Waals surface area (Å²) in [6, 6.07) is 85.0. The van der Waals surface area contributed by atoms with Crippen molar-refractivity contribution < 1.29 is 0 Å². The van der Waals surface area contributed by atoms with Gasteiger partial charge in [-0.05, 0) is 122 Å². The molecule has 0 nitrogen and oxygen atoms in total. The van der Waals surface area contributed by atoms with E-state index in [0.717, 1.165) is 0 Å². The molecule has 11 aromatic rings. The smallest absolute Gasteiger partial charge is 0.000139 e. The Balaban J connectivity index is 1.52. The number of benzene rings is 11. The van der Waals surface area contributed by atoms with Crippen LogP contribution >= 0.6 is 0 Å². The number of hydrogen-bond donors (Lipinski definition) is 0. The first-order chi connectivity index (χ1) is 28.8. The third-order valence-corrected chi connectivity index (χ3v) is 11.8. The van der Waals surface area contributed by atoms with Gasteiger partial charge in [-0.3, -0.25) is 0 Å². The van der Waals surface area contributed by atoms with Crippen LogP contribution in [-0.2, 0) is 0 Å². The molecule has 0 saturated heterocycles. The minimum Gasteiger partial charge on any atom is -0.0622 e. The van der Waals surface area contributed by atoms with Gasteiger partial charge in [-0.15, -0.1) is 0 Å². The zero-order valence-electron chi connectivity index (χ0n) is 31.9. The first-order valence-corrected chi connectivity index (χ1v) is 20.1. The highest BCUT2D eigenvalue weighted by Crippen LogP contribution is 2.59. The van der Waals surface area contributed by atoms with E-state index in [1.807, 2.05) is 0 Å². The maximum Gasteiger partial charge on any atom is -0.000139 e. The zero-order chi connectivity index (χ0) is 38.4. The van der Waals surface area contributed by atoms with Crippen molar-refractivity contribution in [3.8, 4) is 66.8 Å². The topological polar surface area (TPSA) is 0 Å². The Labute approximate surface area is 339 Å². The molecule has 0 amide bonds. The van der Waals surface area contributed by atoms with Crippen molar-refractivity contribution in [2.45, 2.75) is 0 Å². The highest BCUT2D eigenvalue weighted by molar-refractivity contribution is 6.26. The lowest BCUT2D eigenvalue weighted by Gasteiger charge is -2.30. The molecule has 0 spiro atoms. The zero-order valence-corrected chi connectivity index (χ0v) is 31.9. The molecule has 270 valence electrons. The monoisotopic (exact) mass is 734 g/mol. The van der Waals surface area contributed by atoms with Gasteiger partial charge < -0.3 is 0 Å². The molecule has 0 bridgehead atoms. The Bertz CT molecular complexity index is 2850. The van der Waals surface area contributed by atoms with Gasteiger partial charge in [0.1, 0.15) is 0 Å². The first-order valence-electron chi connectivity index (χ1n) is 20.1. The Morgan fingerprint density at radius 3 is 0.603 bits per heavy atom. The summed E-state index contributed by atoms with van der Waals surface area (Å²) in [6.07, 6.45) is 0. The van der Waals surface area contributed by atoms with Gasteiger partial charge in [-0.25, -0.2) is 0 Å². The predicted octanol–water partition coefficient (Wildman–Crippen LogP) is 16.3. The van der Waals surface area contributed by atoms with Crippen LogP contribution in [0.1, 0.15) is 0 Å². The quantitative estimate of drug-likeness (QED) is 0.149. The molecule has 0 aromatic heterocycles. The molecule has 0 radical (unpaired) electrons. The second-order valence-corrected chi connectivity index (χ2v) is 15.1. The molecule has 0 heterocycles. The Morgan fingerprint density at radius 2 is 0.362 bits per heavy atom. The van der Waals surface area contributed by atoms with E-state index in [4.69, 9.17) is 0 Å². The molecule has 0 aliphatic heterocycles. The van der Waals surface area contributed by atoms with Gasteiger partial charge in [0.25, 0.3) is 0 Å². The SMILES string of the molecule is c1ccc(-c2c(-c3ccccc3)c(-c3c4ccccc4cc4ccccc34)c(-c3ccccc3)c(-c3ccccc3)c2-c2c3ccccc3cc3ccccc23)cc1. The van der Waals surface area contributed by atoms with E-state index >= 15 is 0 Å². The van der Waals surface area contributed by atoms with E-state index in [-0.39, 0.29) is 0 Å². The van der Waals surface area contributed by atoms with Gasteiger partial charge in [-0.1, -0.05) is 218 Å². The lowest BCUT2D eigenvalue weighted by Crippen LogP contribution is -2.03. The summed E-state index contributed by atoms with van der Waals surface area (Å²) in [4.78, 5) is 0. The fraction of sp³-hybridized carbons (Fsp3) is 0. The largest absolute Gasteiger partial charge is 0.0622 e. The van der Waals surface area contributed by atoms with Crippen LogP contribution in [0.15, 0.2) is 231 Å². The fourth-order valence-electron chi connectivity index (χ4n) is 9.39. The average molecular weight is 735 g/mol. The predicted molar refractivity (Wildman–Crippen MR) is 249 cm³/mol. The van der Waals surface area contributed by atoms with Crippen molar-refractivity contribution in [3.63, 3.8) is 0 Å². The number of fused-ring (bicyclic) bond motifs is 4. The van der Waals surface area contributed by atoms with Gasteiger partial charge >= 0.3 is 0 Å². The summed E-state index contributed by atoms with van der Waals surface area (Å²) in [5.74, 6) is 0. The Kier molecular flexibility index (Phi) is 8.26. The van der Waals surface area contributed by atoms with Crippen LogP contribution in [0.3, 0.4) is 0 Å². The Morgan fingerprint density at radius 1 is 0.155 bits per heavy atom. The van der Waals surface area contributed by atoms with Crippen LogP contribution in [0, 0.1) is 0 Å². The molecular formula is C58H38. The van der Waals surface area contributed by atoms with Crippen molar-refractivity contribution in [2.24, 2.45) is 0 Å². The minimum absolute atomic E-state index is 1.18. The van der Waals surface area contributed by atoms with Crippen LogP contribution in [0.25, 0.3) is 110 Å². The van der Waals surface area contributed by atoms with Gasteiger partial charge in [-0.2, -0.15) is 0 Å². The van der Waals surface area contributed by atoms with Gasteiger partial charge in [0.15, 0.2) is 0 Å². The molecule has 0 N–H and O–H groups in total. The van der Waals surface area contributed by atoms with E-state index in [9.17, 15) is 0 Å². The van der Waals surface area contributed by atoms with Gasteiger partial charge in [0.2, 0.25) is 0 Å². The summed E-state index contributed by atoms with van der Waals surface area (Å²) >= 11 is 0. The lowest BCUT2D eigenvalue weighted by molar-refractivity contribution is 1.54. The first kappa shape index (κ1) is 33.8. The molecule has 0 unspecified atom stereocenters. The lowest BCUT2D eigenvalue weighted by atomic mass is 9.72. The molecule has 0 fully saturated rings. The average Bonchev–Trinajstić information content (AvgIpc) is 3.30. The van der Waals surface area contributed by atoms with E-state index in [0.29, 0.717) is 0 Å². The van der Waals surface area contributed by atoms with Gasteiger partial charge in [0, 0.05) is 0 Å². The second kappa shape index (κ2) is 14.2. The van der Waals surface area contributed by atoms with Crippen LogP contribution in [-0.4, -0.2) is 0 Å². The van der Waals surface area contributed by atoms with Crippen molar-refractivity contribution in [1.82, 2.24) is 0 Å². The Hall–Kier alpha value is -7.54. The van der Waals surface area contributed by atoms with E-state index in [2.05, 4.69) is 231 Å². The summed E-state index contributed by atoms with van der Waals surface area (Å²) in [5.41, 5.74) is 14.5. The van der Waals surface area contributed by atoms with Crippen LogP contribution in [0.4, 0.5) is 0 Å². The molecular weight excluding hydrogens is 697 g/mol. The van der Waals surface area contributed by atoms with Crippen molar-refractivity contribution in [3.05, 3.63) is 231 Å². The molecule has 0 aliphatic carbocycles. The maximum absolute atomic E-state index is 2.35. The minimum atomic E-state index is 1.18. The standard InChI is InChI=1S/C58H38/c1-5-21-39(22-6-1)51-52(40-23-7-2-8-24-40)58(56-49-35-19-15-31-45(49)38-46-32-16-20-36-50(46)56)54(42-27-11-4-12-28-42)53(41-25-9-3-10-26-41)57(51)55-47-33-17-13-29-43(47)37-44-30-14-18-34-48(44)55/h1-38H.